The molecule has 0 aliphatic heterocycles. The maximum atomic E-state index is 15.0. The van der Waals surface area contributed by atoms with Crippen molar-refractivity contribution in [1.29, 1.82) is 15.8 Å². The first-order chi connectivity index (χ1) is 15.6. The normalized spacial score (nSPS) is 16.6. The predicted molar refractivity (Wildman–Crippen MR) is 114 cm³/mol. The maximum Gasteiger partial charge on any atom is 0.138 e. The Hall–Kier alpha value is -4.86. The third-order valence-electron chi connectivity index (χ3n) is 5.57. The van der Waals surface area contributed by atoms with Crippen LogP contribution in [0.1, 0.15) is 22.3 Å². The molecular weight excluding hydrogens is 406 g/mol. The van der Waals surface area contributed by atoms with Crippen molar-refractivity contribution in [2.45, 2.75) is 0 Å². The van der Waals surface area contributed by atoms with E-state index >= 15 is 4.39 Å². The summed E-state index contributed by atoms with van der Waals surface area (Å²) in [6.07, 6.45) is 2.82. The lowest BCUT2D eigenvalue weighted by Crippen LogP contribution is -1.94. The number of allylic oxidation sites excluding steroid dienone is 5. The minimum Gasteiger partial charge on any atom is -0.256 e. The fourth-order valence-electron chi connectivity index (χ4n) is 4.45. The second-order valence-electron chi connectivity index (χ2n) is 7.17. The lowest BCUT2D eigenvalue weighted by atomic mass is 9.89. The van der Waals surface area contributed by atoms with Gasteiger partial charge in [-0.1, -0.05) is 30.3 Å². The van der Waals surface area contributed by atoms with Gasteiger partial charge in [0.05, 0.1) is 11.8 Å². The van der Waals surface area contributed by atoms with Gasteiger partial charge in [0.1, 0.15) is 29.3 Å². The molecule has 148 valence electrons. The van der Waals surface area contributed by atoms with Gasteiger partial charge in [0.15, 0.2) is 0 Å². The molecule has 2 aliphatic rings. The van der Waals surface area contributed by atoms with Gasteiger partial charge < -0.3 is 0 Å². The Labute approximate surface area is 181 Å². The van der Waals surface area contributed by atoms with Crippen LogP contribution in [0.3, 0.4) is 0 Å². The molecule has 0 bridgehead atoms. The zero-order valence-electron chi connectivity index (χ0n) is 16.3. The Morgan fingerprint density at radius 3 is 2.28 bits per heavy atom. The number of rotatable bonds is 0. The van der Waals surface area contributed by atoms with E-state index in [1.165, 1.54) is 6.08 Å². The summed E-state index contributed by atoms with van der Waals surface area (Å²) in [6.45, 7) is 0. The molecule has 0 radical (unpaired) electrons. The molecule has 2 aliphatic carbocycles. The molecule has 0 spiro atoms. The summed E-state index contributed by atoms with van der Waals surface area (Å²) < 4.78 is 29.2. The number of fused-ring (bicyclic) bond motifs is 4. The van der Waals surface area contributed by atoms with Gasteiger partial charge in [-0.05, 0) is 23.3 Å². The number of nitrogens with zero attached hydrogens (tertiary/aromatic N) is 4. The molecule has 32 heavy (non-hydrogen) atoms. The summed E-state index contributed by atoms with van der Waals surface area (Å²) in [5.41, 5.74) is 4.01. The largest absolute Gasteiger partial charge is 0.256 e. The minimum absolute atomic E-state index is 0.0109. The van der Waals surface area contributed by atoms with Gasteiger partial charge in [-0.2, -0.15) is 15.8 Å². The van der Waals surface area contributed by atoms with E-state index in [-0.39, 0.29) is 27.8 Å². The molecule has 0 saturated heterocycles. The highest BCUT2D eigenvalue weighted by Gasteiger charge is 2.38. The first-order valence-corrected chi connectivity index (χ1v) is 9.55. The van der Waals surface area contributed by atoms with Crippen molar-refractivity contribution < 1.29 is 8.78 Å². The molecular formula is C26H10F2N4. The number of benzene rings is 2. The van der Waals surface area contributed by atoms with E-state index in [2.05, 4.69) is 4.98 Å². The molecule has 1 aromatic heterocycles. The molecule has 6 heteroatoms. The Bertz CT molecular complexity index is 1510. The van der Waals surface area contributed by atoms with Gasteiger partial charge in [0, 0.05) is 57.3 Å². The van der Waals surface area contributed by atoms with Crippen molar-refractivity contribution in [3.05, 3.63) is 106 Å². The average molecular weight is 416 g/mol. The molecule has 5 rings (SSSR count). The SMILES string of the molecule is N#C/C=C1/C(=C2/c3ccccc3-c3ncccc32)C(=C(C#N)C#N)c2cc(F)cc(F)c21. The smallest absolute Gasteiger partial charge is 0.138 e. The van der Waals surface area contributed by atoms with Gasteiger partial charge in [0.25, 0.3) is 0 Å². The van der Waals surface area contributed by atoms with Crippen molar-refractivity contribution in [2.24, 2.45) is 0 Å². The maximum absolute atomic E-state index is 15.0. The lowest BCUT2D eigenvalue weighted by Gasteiger charge is -2.12. The minimum atomic E-state index is -0.873. The second kappa shape index (κ2) is 7.13. The molecule has 3 aromatic rings. The fourth-order valence-corrected chi connectivity index (χ4v) is 4.45. The quantitative estimate of drug-likeness (QED) is 0.351. The number of nitriles is 3. The van der Waals surface area contributed by atoms with Gasteiger partial charge >= 0.3 is 0 Å². The van der Waals surface area contributed by atoms with Crippen LogP contribution in [0, 0.1) is 45.6 Å². The van der Waals surface area contributed by atoms with E-state index in [1.807, 2.05) is 48.5 Å². The van der Waals surface area contributed by atoms with Crippen molar-refractivity contribution in [3.63, 3.8) is 0 Å². The van der Waals surface area contributed by atoms with Crippen LogP contribution < -0.4 is 0 Å². The number of hydrogen-bond acceptors (Lipinski definition) is 4. The van der Waals surface area contributed by atoms with E-state index < -0.39 is 11.6 Å². The van der Waals surface area contributed by atoms with E-state index in [9.17, 15) is 20.2 Å². The van der Waals surface area contributed by atoms with Crippen molar-refractivity contribution >= 4 is 16.7 Å². The molecule has 0 fully saturated rings. The monoisotopic (exact) mass is 416 g/mol. The van der Waals surface area contributed by atoms with Crippen LogP contribution in [0.4, 0.5) is 8.78 Å². The first kappa shape index (κ1) is 19.1. The van der Waals surface area contributed by atoms with Crippen LogP contribution in [0.5, 0.6) is 0 Å². The van der Waals surface area contributed by atoms with Gasteiger partial charge in [-0.3, -0.25) is 4.98 Å². The van der Waals surface area contributed by atoms with Crippen molar-refractivity contribution in [2.75, 3.05) is 0 Å². The Balaban J connectivity index is 2.05. The number of pyridine rings is 1. The number of aromatic nitrogens is 1. The second-order valence-corrected chi connectivity index (χ2v) is 7.17. The van der Waals surface area contributed by atoms with Crippen molar-refractivity contribution in [1.82, 2.24) is 4.98 Å². The Kier molecular flexibility index (Phi) is 4.26. The van der Waals surface area contributed by atoms with Crippen molar-refractivity contribution in [3.8, 4) is 29.5 Å². The molecule has 0 unspecified atom stereocenters. The topological polar surface area (TPSA) is 84.3 Å². The summed E-state index contributed by atoms with van der Waals surface area (Å²) >= 11 is 0. The summed E-state index contributed by atoms with van der Waals surface area (Å²) in [6, 6.07) is 18.5. The number of hydrogen-bond donors (Lipinski definition) is 0. The van der Waals surface area contributed by atoms with E-state index in [4.69, 9.17) is 0 Å². The van der Waals surface area contributed by atoms with E-state index in [0.29, 0.717) is 22.4 Å². The third-order valence-corrected chi connectivity index (χ3v) is 5.57. The van der Waals surface area contributed by atoms with Gasteiger partial charge in [-0.15, -0.1) is 0 Å². The summed E-state index contributed by atoms with van der Waals surface area (Å²) in [5.74, 6) is -1.71. The molecule has 0 atom stereocenters. The fraction of sp³-hybridized carbons (Fsp3) is 0. The zero-order chi connectivity index (χ0) is 22.4. The van der Waals surface area contributed by atoms with Crippen LogP contribution in [0.15, 0.2) is 72.0 Å². The third kappa shape index (κ3) is 2.53. The highest BCUT2D eigenvalue weighted by Crippen LogP contribution is 2.55. The van der Waals surface area contributed by atoms with Crippen LogP contribution in [-0.2, 0) is 0 Å². The first-order valence-electron chi connectivity index (χ1n) is 9.55. The average Bonchev–Trinajstić information content (AvgIpc) is 3.28. The van der Waals surface area contributed by atoms with Crippen LogP contribution in [0.25, 0.3) is 28.0 Å². The highest BCUT2D eigenvalue weighted by molar-refractivity contribution is 6.20. The van der Waals surface area contributed by atoms with E-state index in [1.54, 1.807) is 12.3 Å². The lowest BCUT2D eigenvalue weighted by molar-refractivity contribution is 0.581. The van der Waals surface area contributed by atoms with Crippen LogP contribution >= 0.6 is 0 Å². The standard InChI is InChI=1S/C26H10F2N4/c27-15-10-20-22(14(12-30)13-31)25(18(7-8-29)23(20)21(28)11-15)24-16-4-1-2-5-17(16)26-19(24)6-3-9-32-26/h1-7,9-11H/b18-7+,25-24+. The predicted octanol–water partition coefficient (Wildman–Crippen LogP) is 5.56. The molecule has 0 N–H and O–H groups in total. The summed E-state index contributed by atoms with van der Waals surface area (Å²) in [4.78, 5) is 4.49. The van der Waals surface area contributed by atoms with Crippen LogP contribution in [-0.4, -0.2) is 4.98 Å². The van der Waals surface area contributed by atoms with Gasteiger partial charge in [0.2, 0.25) is 0 Å². The van der Waals surface area contributed by atoms with Crippen LogP contribution in [0.2, 0.25) is 0 Å². The molecule has 0 amide bonds. The molecule has 4 nitrogen and oxygen atoms in total. The van der Waals surface area contributed by atoms with Gasteiger partial charge in [-0.25, -0.2) is 8.78 Å². The highest BCUT2D eigenvalue weighted by atomic mass is 19.1. The molecule has 1 heterocycles. The zero-order valence-corrected chi connectivity index (χ0v) is 16.3. The van der Waals surface area contributed by atoms with E-state index in [0.717, 1.165) is 23.3 Å². The number of halogens is 2. The summed E-state index contributed by atoms with van der Waals surface area (Å²) in [5, 5.41) is 28.8. The molecule has 2 aromatic carbocycles. The summed E-state index contributed by atoms with van der Waals surface area (Å²) in [7, 11) is 0. The molecule has 0 saturated carbocycles. The Morgan fingerprint density at radius 1 is 0.844 bits per heavy atom. The Morgan fingerprint density at radius 2 is 1.56 bits per heavy atom.